The van der Waals surface area contributed by atoms with E-state index in [4.69, 9.17) is 11.6 Å². The lowest BCUT2D eigenvalue weighted by molar-refractivity contribution is 0.0950. The number of benzene rings is 1. The number of pyridine rings is 1. The predicted molar refractivity (Wildman–Crippen MR) is 74.6 cm³/mol. The van der Waals surface area contributed by atoms with Crippen LogP contribution in [0.4, 0.5) is 0 Å². The maximum Gasteiger partial charge on any atom is 0.251 e. The zero-order chi connectivity index (χ0) is 13.0. The number of hydrogen-bond acceptors (Lipinski definition) is 2. The van der Waals surface area contributed by atoms with Gasteiger partial charge in [-0.05, 0) is 45.8 Å². The van der Waals surface area contributed by atoms with Crippen LogP contribution >= 0.6 is 27.5 Å². The minimum absolute atomic E-state index is 0.141. The molecule has 1 aromatic heterocycles. The topological polar surface area (TPSA) is 42.0 Å². The summed E-state index contributed by atoms with van der Waals surface area (Å²) in [6, 6.07) is 10.7. The molecule has 0 bridgehead atoms. The second-order valence-corrected chi connectivity index (χ2v) is 4.93. The van der Waals surface area contributed by atoms with Crippen molar-refractivity contribution < 1.29 is 4.79 Å². The van der Waals surface area contributed by atoms with Crippen molar-refractivity contribution in [1.29, 1.82) is 0 Å². The van der Waals surface area contributed by atoms with E-state index in [1.165, 1.54) is 0 Å². The third-order valence-corrected chi connectivity index (χ3v) is 3.00. The number of nitrogens with one attached hydrogen (secondary N) is 1. The highest BCUT2D eigenvalue weighted by Crippen LogP contribution is 2.11. The average molecular weight is 326 g/mol. The van der Waals surface area contributed by atoms with E-state index in [0.29, 0.717) is 21.7 Å². The molecule has 1 amide bonds. The molecule has 18 heavy (non-hydrogen) atoms. The van der Waals surface area contributed by atoms with Crippen LogP contribution in [0.2, 0.25) is 5.02 Å². The van der Waals surface area contributed by atoms with Crippen molar-refractivity contribution in [3.8, 4) is 0 Å². The quantitative estimate of drug-likeness (QED) is 0.879. The first-order valence-electron chi connectivity index (χ1n) is 5.29. The molecule has 0 spiro atoms. The molecule has 1 N–H and O–H groups in total. The SMILES string of the molecule is O=C(NCc1cccc(Cl)c1)c1ccnc(Br)c1. The van der Waals surface area contributed by atoms with Crippen LogP contribution in [0.25, 0.3) is 0 Å². The van der Waals surface area contributed by atoms with E-state index in [1.807, 2.05) is 18.2 Å². The lowest BCUT2D eigenvalue weighted by Crippen LogP contribution is -2.22. The fraction of sp³-hybridized carbons (Fsp3) is 0.0769. The summed E-state index contributed by atoms with van der Waals surface area (Å²) in [5.41, 5.74) is 1.53. The summed E-state index contributed by atoms with van der Waals surface area (Å²) in [6.45, 7) is 0.444. The largest absolute Gasteiger partial charge is 0.348 e. The highest BCUT2D eigenvalue weighted by Gasteiger charge is 2.05. The van der Waals surface area contributed by atoms with Crippen molar-refractivity contribution >= 4 is 33.4 Å². The minimum atomic E-state index is -0.141. The van der Waals surface area contributed by atoms with Crippen LogP contribution in [0.1, 0.15) is 15.9 Å². The molecule has 3 nitrogen and oxygen atoms in total. The standard InChI is InChI=1S/C13H10BrClN2O/c14-12-7-10(4-5-16-12)13(18)17-8-9-2-1-3-11(15)6-9/h1-7H,8H2,(H,17,18). The summed E-state index contributed by atoms with van der Waals surface area (Å²) in [7, 11) is 0. The van der Waals surface area contributed by atoms with Crippen molar-refractivity contribution in [3.63, 3.8) is 0 Å². The Bertz CT molecular complexity index is 574. The Morgan fingerprint density at radius 1 is 1.33 bits per heavy atom. The molecule has 2 aromatic rings. The van der Waals surface area contributed by atoms with Crippen molar-refractivity contribution in [2.45, 2.75) is 6.54 Å². The summed E-state index contributed by atoms with van der Waals surface area (Å²) < 4.78 is 0.637. The van der Waals surface area contributed by atoms with Crippen LogP contribution in [-0.2, 0) is 6.54 Å². The molecule has 0 aliphatic heterocycles. The van der Waals surface area contributed by atoms with E-state index in [2.05, 4.69) is 26.2 Å². The molecular formula is C13H10BrClN2O. The molecule has 0 aliphatic rings. The van der Waals surface area contributed by atoms with E-state index in [9.17, 15) is 4.79 Å². The number of nitrogens with zero attached hydrogens (tertiary/aromatic N) is 1. The van der Waals surface area contributed by atoms with E-state index in [1.54, 1.807) is 24.4 Å². The molecule has 1 aromatic carbocycles. The van der Waals surface area contributed by atoms with Crippen molar-refractivity contribution in [3.05, 3.63) is 63.3 Å². The number of aromatic nitrogens is 1. The van der Waals surface area contributed by atoms with Gasteiger partial charge in [-0.2, -0.15) is 0 Å². The Morgan fingerprint density at radius 2 is 2.17 bits per heavy atom. The normalized spacial score (nSPS) is 10.1. The summed E-state index contributed by atoms with van der Waals surface area (Å²) >= 11 is 9.10. The molecule has 0 fully saturated rings. The summed E-state index contributed by atoms with van der Waals surface area (Å²) in [5, 5.41) is 3.48. The molecule has 92 valence electrons. The van der Waals surface area contributed by atoms with Crippen molar-refractivity contribution in [1.82, 2.24) is 10.3 Å². The predicted octanol–water partition coefficient (Wildman–Crippen LogP) is 3.43. The zero-order valence-corrected chi connectivity index (χ0v) is 11.7. The van der Waals surface area contributed by atoms with E-state index >= 15 is 0 Å². The molecule has 0 unspecified atom stereocenters. The molecular weight excluding hydrogens is 316 g/mol. The van der Waals surface area contributed by atoms with Crippen LogP contribution in [0.15, 0.2) is 47.2 Å². The highest BCUT2D eigenvalue weighted by atomic mass is 79.9. The Morgan fingerprint density at radius 3 is 2.89 bits per heavy atom. The minimum Gasteiger partial charge on any atom is -0.348 e. The van der Waals surface area contributed by atoms with Gasteiger partial charge in [0.2, 0.25) is 0 Å². The second kappa shape index (κ2) is 5.98. The Balaban J connectivity index is 2.00. The Labute approximate surface area is 118 Å². The maximum absolute atomic E-state index is 11.9. The monoisotopic (exact) mass is 324 g/mol. The second-order valence-electron chi connectivity index (χ2n) is 3.68. The van der Waals surface area contributed by atoms with Crippen LogP contribution in [0, 0.1) is 0 Å². The van der Waals surface area contributed by atoms with Gasteiger partial charge in [0.25, 0.3) is 5.91 Å². The summed E-state index contributed by atoms with van der Waals surface area (Å²) in [6.07, 6.45) is 1.58. The van der Waals surface area contributed by atoms with Gasteiger partial charge < -0.3 is 5.32 Å². The molecule has 0 aliphatic carbocycles. The summed E-state index contributed by atoms with van der Waals surface area (Å²) in [5.74, 6) is -0.141. The maximum atomic E-state index is 11.9. The zero-order valence-electron chi connectivity index (χ0n) is 9.36. The first-order valence-corrected chi connectivity index (χ1v) is 6.46. The van der Waals surface area contributed by atoms with E-state index in [-0.39, 0.29) is 5.91 Å². The van der Waals surface area contributed by atoms with Gasteiger partial charge in [0.15, 0.2) is 0 Å². The molecule has 0 saturated carbocycles. The third-order valence-electron chi connectivity index (χ3n) is 2.33. The van der Waals surface area contributed by atoms with Gasteiger partial charge in [0.1, 0.15) is 4.60 Å². The molecule has 5 heteroatoms. The van der Waals surface area contributed by atoms with Gasteiger partial charge in [-0.15, -0.1) is 0 Å². The van der Waals surface area contributed by atoms with Gasteiger partial charge in [0.05, 0.1) is 0 Å². The number of halogens is 2. The molecule has 0 radical (unpaired) electrons. The van der Waals surface area contributed by atoms with Gasteiger partial charge in [0, 0.05) is 23.3 Å². The molecule has 1 heterocycles. The van der Waals surface area contributed by atoms with E-state index in [0.717, 1.165) is 5.56 Å². The smallest absolute Gasteiger partial charge is 0.251 e. The third kappa shape index (κ3) is 3.55. The van der Waals surface area contributed by atoms with Crippen molar-refractivity contribution in [2.75, 3.05) is 0 Å². The first-order chi connectivity index (χ1) is 8.65. The Hall–Kier alpha value is -1.39. The van der Waals surface area contributed by atoms with Gasteiger partial charge >= 0.3 is 0 Å². The number of carbonyl (C=O) groups excluding carboxylic acids is 1. The molecule has 2 rings (SSSR count). The summed E-state index contributed by atoms with van der Waals surface area (Å²) in [4.78, 5) is 15.8. The average Bonchev–Trinajstić information content (AvgIpc) is 2.36. The van der Waals surface area contributed by atoms with Gasteiger partial charge in [-0.3, -0.25) is 4.79 Å². The van der Waals surface area contributed by atoms with E-state index < -0.39 is 0 Å². The lowest BCUT2D eigenvalue weighted by atomic mass is 10.2. The van der Waals surface area contributed by atoms with Crippen molar-refractivity contribution in [2.24, 2.45) is 0 Å². The number of rotatable bonds is 3. The van der Waals surface area contributed by atoms with Crippen LogP contribution in [0.3, 0.4) is 0 Å². The van der Waals surface area contributed by atoms with Crippen LogP contribution in [-0.4, -0.2) is 10.9 Å². The fourth-order valence-corrected chi connectivity index (χ4v) is 2.05. The number of carbonyl (C=O) groups is 1. The van der Waals surface area contributed by atoms with Gasteiger partial charge in [-0.25, -0.2) is 4.98 Å². The lowest BCUT2D eigenvalue weighted by Gasteiger charge is -2.05. The van der Waals surface area contributed by atoms with Crippen LogP contribution < -0.4 is 5.32 Å². The van der Waals surface area contributed by atoms with Crippen LogP contribution in [0.5, 0.6) is 0 Å². The van der Waals surface area contributed by atoms with Gasteiger partial charge in [-0.1, -0.05) is 23.7 Å². The Kier molecular flexibility index (Phi) is 4.33. The first kappa shape index (κ1) is 13.1. The molecule has 0 saturated heterocycles. The highest BCUT2D eigenvalue weighted by molar-refractivity contribution is 9.10. The number of amides is 1. The number of hydrogen-bond donors (Lipinski definition) is 1. The molecule has 0 atom stereocenters. The fourth-order valence-electron chi connectivity index (χ4n) is 1.48.